The van der Waals surface area contributed by atoms with E-state index in [1.807, 2.05) is 107 Å². The zero-order chi connectivity index (χ0) is 85.5. The molecule has 0 atom stereocenters. The van der Waals surface area contributed by atoms with Gasteiger partial charge in [-0.2, -0.15) is 13.2 Å². The molecular formula is C96H75Cl6F3O12. The largest absolute Gasteiger partial charge is 0.508 e. The van der Waals surface area contributed by atoms with Crippen LogP contribution in [-0.4, -0.2) is 65.3 Å². The molecule has 0 heterocycles. The summed E-state index contributed by atoms with van der Waals surface area (Å²) in [5.74, 6) is -0.863. The summed E-state index contributed by atoms with van der Waals surface area (Å²) >= 11 is 36.2. The van der Waals surface area contributed by atoms with Crippen molar-refractivity contribution in [2.24, 2.45) is 0 Å². The third-order valence-electron chi connectivity index (χ3n) is 16.4. The monoisotopic (exact) mass is 1690 g/mol. The number of aryl methyl sites for hydroxylation is 5. The van der Waals surface area contributed by atoms with Crippen molar-refractivity contribution in [3.8, 4) is 34.5 Å². The molecule has 0 aliphatic carbocycles. The average molecular weight is 1690 g/mol. The lowest BCUT2D eigenvalue weighted by Gasteiger charge is -2.08. The second-order valence-electron chi connectivity index (χ2n) is 25.8. The van der Waals surface area contributed by atoms with Crippen molar-refractivity contribution in [2.75, 3.05) is 0 Å². The van der Waals surface area contributed by atoms with Gasteiger partial charge in [-0.3, -0.25) is 28.8 Å². The fourth-order valence-corrected chi connectivity index (χ4v) is 11.7. The summed E-state index contributed by atoms with van der Waals surface area (Å²) in [5, 5.41) is 58.8. The first-order chi connectivity index (χ1) is 55.6. The topological polar surface area (TPSA) is 224 Å². The first kappa shape index (κ1) is 91.6. The Balaban J connectivity index is 0.000000194. The molecule has 0 fully saturated rings. The van der Waals surface area contributed by atoms with Crippen LogP contribution in [0.4, 0.5) is 13.2 Å². The standard InChI is InChI=1S/C17H13F3O2.3C16H13ClO2.C16H14O2.C15H9Cl3O2/c1-11-7-12(9-14(8-11)17(18,19)20)5-6-16(22)13-3-2-4-15(21)10-13;1-11-4-2-5-12(16(11)17)8-9-15(19)13-6-3-7-14(18)10-13;1-11-2-3-12(10-15(11)17)4-9-16(19)13-5-7-14(18)8-6-13;1-11-5-6-12(15(17)9-11)7-8-16(19)13-3-2-4-14(18)10-13;1-12-4-2-5-13(10-12)8-9-16(18)14-6-3-7-15(17)11-14;16-12-5-6-13(17)15(18)11(12)4-7-14(20)9-2-1-3-10(19)8-9/h2-10,21H,1H3;3*2-10,18H,1H3;2-11,17H,1H3;1-8,19H/b6-5+;9-8+;9-4+;8-7+;9-8+;7-4+. The van der Waals surface area contributed by atoms with Gasteiger partial charge in [-0.25, -0.2) is 0 Å². The van der Waals surface area contributed by atoms with Gasteiger partial charge in [-0.05, 0) is 261 Å². The molecule has 6 N–H and O–H groups in total. The van der Waals surface area contributed by atoms with Crippen LogP contribution in [0.2, 0.25) is 30.1 Å². The third kappa shape index (κ3) is 30.6. The number of allylic oxidation sites excluding steroid dienone is 6. The average Bonchev–Trinajstić information content (AvgIpc) is 0.849. The van der Waals surface area contributed by atoms with Crippen molar-refractivity contribution in [1.29, 1.82) is 0 Å². The quantitative estimate of drug-likeness (QED) is 0.0268. The Morgan fingerprint density at radius 2 is 0.667 bits per heavy atom. The predicted octanol–water partition coefficient (Wildman–Crippen LogP) is 26.2. The van der Waals surface area contributed by atoms with Gasteiger partial charge in [0, 0.05) is 54.0 Å². The zero-order valence-corrected chi connectivity index (χ0v) is 67.7. The van der Waals surface area contributed by atoms with Crippen molar-refractivity contribution < 1.29 is 72.6 Å². The molecule has 21 heteroatoms. The lowest BCUT2D eigenvalue weighted by molar-refractivity contribution is -0.137. The molecule has 0 aliphatic heterocycles. The Kier molecular flexibility index (Phi) is 35.2. The SMILES string of the molecule is Cc1cc(/C=C/C(=O)c2cccc(O)c2)cc(C(F)(F)F)c1.Cc1ccc(/C=C/C(=O)c2ccc(O)cc2)cc1Cl.Cc1ccc(/C=C/C(=O)c2cccc(O)c2)c(Cl)c1.Cc1cccc(/C=C/C(=O)c2cccc(O)c2)c1.Cc1cccc(/C=C/C(=O)c2cccc(O)c2)c1Cl.O=C(/C=C/c1c(Cl)ccc(Cl)c1Cl)c1cccc(O)c1. The maximum Gasteiger partial charge on any atom is 0.416 e. The number of aromatic hydroxyl groups is 6. The van der Waals surface area contributed by atoms with Crippen LogP contribution in [0.25, 0.3) is 36.5 Å². The van der Waals surface area contributed by atoms with Crippen molar-refractivity contribution in [3.63, 3.8) is 0 Å². The van der Waals surface area contributed by atoms with E-state index in [4.69, 9.17) is 74.7 Å². The number of alkyl halides is 3. The summed E-state index contributed by atoms with van der Waals surface area (Å²) in [4.78, 5) is 71.4. The molecule has 12 rings (SSSR count). The maximum atomic E-state index is 12.7. The van der Waals surface area contributed by atoms with E-state index in [2.05, 4.69) is 0 Å². The Labute approximate surface area is 705 Å². The molecule has 0 aliphatic rings. The van der Waals surface area contributed by atoms with Crippen LogP contribution in [0.1, 0.15) is 129 Å². The summed E-state index contributed by atoms with van der Waals surface area (Å²) in [6.45, 7) is 9.36. The van der Waals surface area contributed by atoms with E-state index in [-0.39, 0.29) is 69.0 Å². The van der Waals surface area contributed by atoms with E-state index in [9.17, 15) is 67.5 Å². The van der Waals surface area contributed by atoms with Gasteiger partial charge in [0.2, 0.25) is 0 Å². The Hall–Kier alpha value is -12.6. The summed E-state index contributed by atoms with van der Waals surface area (Å²) in [5.41, 5.74) is 10.7. The number of hydrogen-bond donors (Lipinski definition) is 6. The third-order valence-corrected chi connectivity index (χ3v) is 18.8. The molecular weight excluding hydrogens is 1610 g/mol. The van der Waals surface area contributed by atoms with E-state index in [0.717, 1.165) is 56.6 Å². The number of halogens is 9. The van der Waals surface area contributed by atoms with Gasteiger partial charge < -0.3 is 30.6 Å². The van der Waals surface area contributed by atoms with Crippen LogP contribution < -0.4 is 0 Å². The van der Waals surface area contributed by atoms with E-state index in [1.54, 1.807) is 116 Å². The number of ketones is 6. The fourth-order valence-electron chi connectivity index (χ4n) is 10.3. The number of hydrogen-bond acceptors (Lipinski definition) is 12. The van der Waals surface area contributed by atoms with Crippen LogP contribution in [0.3, 0.4) is 0 Å². The molecule has 594 valence electrons. The van der Waals surface area contributed by atoms with Crippen LogP contribution in [0.5, 0.6) is 34.5 Å². The molecule has 0 spiro atoms. The van der Waals surface area contributed by atoms with E-state index < -0.39 is 17.5 Å². The van der Waals surface area contributed by atoms with Crippen LogP contribution >= 0.6 is 69.6 Å². The summed E-state index contributed by atoms with van der Waals surface area (Å²) in [7, 11) is 0. The number of benzene rings is 12. The molecule has 0 radical (unpaired) electrons. The molecule has 0 saturated heterocycles. The first-order valence-electron chi connectivity index (χ1n) is 35.3. The van der Waals surface area contributed by atoms with Gasteiger partial charge in [0.15, 0.2) is 34.7 Å². The zero-order valence-electron chi connectivity index (χ0n) is 63.2. The van der Waals surface area contributed by atoms with E-state index in [0.29, 0.717) is 74.6 Å². The summed E-state index contributed by atoms with van der Waals surface area (Å²) in [6, 6.07) is 68.5. The van der Waals surface area contributed by atoms with Gasteiger partial charge in [0.1, 0.15) is 34.5 Å². The number of rotatable bonds is 18. The number of carbonyl (C=O) groups is 6. The lowest BCUT2D eigenvalue weighted by Crippen LogP contribution is -2.05. The molecule has 117 heavy (non-hydrogen) atoms. The van der Waals surface area contributed by atoms with Gasteiger partial charge in [-0.1, -0.05) is 227 Å². The number of phenolic OH excluding ortho intramolecular Hbond substituents is 6. The van der Waals surface area contributed by atoms with Gasteiger partial charge in [-0.15, -0.1) is 0 Å². The second-order valence-corrected chi connectivity index (χ2v) is 28.2. The van der Waals surface area contributed by atoms with Gasteiger partial charge >= 0.3 is 6.18 Å². The van der Waals surface area contributed by atoms with E-state index >= 15 is 0 Å². The van der Waals surface area contributed by atoms with Crippen molar-refractivity contribution in [2.45, 2.75) is 40.8 Å². The van der Waals surface area contributed by atoms with Crippen LogP contribution in [0, 0.1) is 34.6 Å². The molecule has 0 aromatic heterocycles. The number of phenols is 6. The highest BCUT2D eigenvalue weighted by molar-refractivity contribution is 6.45. The molecule has 12 aromatic carbocycles. The summed E-state index contributed by atoms with van der Waals surface area (Å²) in [6.07, 6.45) is 13.7. The van der Waals surface area contributed by atoms with Crippen LogP contribution in [-0.2, 0) is 6.18 Å². The van der Waals surface area contributed by atoms with Gasteiger partial charge in [0.25, 0.3) is 0 Å². The fraction of sp³-hybridized carbons (Fsp3) is 0.0625. The molecule has 12 aromatic rings. The molecule has 0 bridgehead atoms. The molecule has 0 saturated carbocycles. The predicted molar refractivity (Wildman–Crippen MR) is 466 cm³/mol. The van der Waals surface area contributed by atoms with Crippen molar-refractivity contribution in [3.05, 3.63) is 422 Å². The van der Waals surface area contributed by atoms with Crippen molar-refractivity contribution >= 4 is 141 Å². The Bertz CT molecular complexity index is 5770. The minimum absolute atomic E-state index is 0.0306. The highest BCUT2D eigenvalue weighted by Crippen LogP contribution is 2.34. The minimum Gasteiger partial charge on any atom is -0.508 e. The number of carbonyl (C=O) groups excluding carboxylic acids is 6. The molecule has 12 nitrogen and oxygen atoms in total. The van der Waals surface area contributed by atoms with Gasteiger partial charge in [0.05, 0.1) is 20.6 Å². The Morgan fingerprint density at radius 3 is 1.11 bits per heavy atom. The molecule has 0 amide bonds. The van der Waals surface area contributed by atoms with Crippen molar-refractivity contribution in [1.82, 2.24) is 0 Å². The maximum absolute atomic E-state index is 12.7. The normalized spacial score (nSPS) is 11.0. The summed E-state index contributed by atoms with van der Waals surface area (Å²) < 4.78 is 38.2. The van der Waals surface area contributed by atoms with Crippen LogP contribution in [0.15, 0.2) is 291 Å². The van der Waals surface area contributed by atoms with E-state index in [1.165, 1.54) is 127 Å². The first-order valence-corrected chi connectivity index (χ1v) is 37.6. The molecule has 0 unspecified atom stereocenters. The highest BCUT2D eigenvalue weighted by atomic mass is 35.5. The second kappa shape index (κ2) is 44.9. The highest BCUT2D eigenvalue weighted by Gasteiger charge is 2.31. The lowest BCUT2D eigenvalue weighted by atomic mass is 10.0. The Morgan fingerprint density at radius 1 is 0.274 bits per heavy atom. The smallest absolute Gasteiger partial charge is 0.416 e. The minimum atomic E-state index is -4.43.